The Balaban J connectivity index is 1.90. The van der Waals surface area contributed by atoms with Crippen LogP contribution in [0.1, 0.15) is 55.0 Å². The third-order valence-electron chi connectivity index (χ3n) is 6.58. The van der Waals surface area contributed by atoms with Crippen LogP contribution in [0.4, 0.5) is 26.3 Å². The summed E-state index contributed by atoms with van der Waals surface area (Å²) in [6, 6.07) is 10.2. The normalized spacial score (nSPS) is 23.4. The number of carbonyl (C=O) groups excluding carboxylic acids is 2. The maximum atomic E-state index is 13.3. The van der Waals surface area contributed by atoms with Crippen molar-refractivity contribution >= 4 is 11.8 Å². The fourth-order valence-electron chi connectivity index (χ4n) is 4.43. The van der Waals surface area contributed by atoms with Crippen LogP contribution in [0.15, 0.2) is 48.5 Å². The fourth-order valence-corrected chi connectivity index (χ4v) is 4.43. The van der Waals surface area contributed by atoms with Gasteiger partial charge in [-0.05, 0) is 49.1 Å². The highest BCUT2D eigenvalue weighted by atomic mass is 19.4. The molecule has 0 bridgehead atoms. The van der Waals surface area contributed by atoms with Crippen LogP contribution in [-0.4, -0.2) is 30.5 Å². The van der Waals surface area contributed by atoms with Crippen LogP contribution in [0, 0.1) is 0 Å². The van der Waals surface area contributed by atoms with Crippen molar-refractivity contribution in [3.8, 4) is 0 Å². The van der Waals surface area contributed by atoms with E-state index in [9.17, 15) is 35.9 Å². The molecule has 6 nitrogen and oxygen atoms in total. The van der Waals surface area contributed by atoms with Crippen LogP contribution in [0.2, 0.25) is 0 Å². The van der Waals surface area contributed by atoms with Crippen LogP contribution in [0.5, 0.6) is 0 Å². The minimum Gasteiger partial charge on any atom is -0.372 e. The zero-order valence-corrected chi connectivity index (χ0v) is 20.1. The smallest absolute Gasteiger partial charge is 0.372 e. The van der Waals surface area contributed by atoms with Crippen molar-refractivity contribution in [1.29, 1.82) is 0 Å². The van der Waals surface area contributed by atoms with Gasteiger partial charge in [0.15, 0.2) is 0 Å². The molecule has 0 radical (unpaired) electrons. The molecule has 1 aliphatic heterocycles. The first kappa shape index (κ1) is 28.5. The third-order valence-corrected chi connectivity index (χ3v) is 6.58. The number of hydrogen-bond acceptors (Lipinski definition) is 4. The summed E-state index contributed by atoms with van der Waals surface area (Å²) in [5, 5.41) is 5.79. The molecule has 2 aromatic carbocycles. The molecule has 1 aliphatic rings. The van der Waals surface area contributed by atoms with E-state index in [-0.39, 0.29) is 37.6 Å². The van der Waals surface area contributed by atoms with Gasteiger partial charge in [0.25, 0.3) is 0 Å². The van der Waals surface area contributed by atoms with Crippen LogP contribution < -0.4 is 16.4 Å². The van der Waals surface area contributed by atoms with E-state index in [1.54, 1.807) is 30.3 Å². The molecule has 0 unspecified atom stereocenters. The molecule has 1 heterocycles. The molecule has 37 heavy (non-hydrogen) atoms. The second kappa shape index (κ2) is 10.3. The van der Waals surface area contributed by atoms with E-state index in [2.05, 4.69) is 10.6 Å². The molecule has 3 atom stereocenters. The van der Waals surface area contributed by atoms with Crippen molar-refractivity contribution in [2.45, 2.75) is 56.2 Å². The first-order valence-corrected chi connectivity index (χ1v) is 11.4. The molecule has 2 aromatic rings. The molecule has 0 aromatic heterocycles. The van der Waals surface area contributed by atoms with E-state index < -0.39 is 52.5 Å². The highest BCUT2D eigenvalue weighted by molar-refractivity contribution is 5.90. The third kappa shape index (κ3) is 6.42. The van der Waals surface area contributed by atoms with Crippen molar-refractivity contribution in [1.82, 2.24) is 10.6 Å². The Labute approximate surface area is 209 Å². The Morgan fingerprint density at radius 1 is 1.03 bits per heavy atom. The summed E-state index contributed by atoms with van der Waals surface area (Å²) >= 11 is 0. The Kier molecular flexibility index (Phi) is 7.94. The van der Waals surface area contributed by atoms with Gasteiger partial charge in [0.2, 0.25) is 11.8 Å². The summed E-state index contributed by atoms with van der Waals surface area (Å²) in [5.74, 6) is -1.20. The summed E-state index contributed by atoms with van der Waals surface area (Å²) in [4.78, 5) is 23.9. The van der Waals surface area contributed by atoms with Crippen molar-refractivity contribution in [3.05, 3.63) is 70.8 Å². The molecule has 0 spiro atoms. The Hall–Kier alpha value is -3.12. The Bertz CT molecular complexity index is 1090. The second-order valence-electron chi connectivity index (χ2n) is 9.22. The highest BCUT2D eigenvalue weighted by Crippen LogP contribution is 2.39. The number of nitrogens with one attached hydrogen (secondary N) is 2. The topological polar surface area (TPSA) is 93.5 Å². The molecule has 202 valence electrons. The number of primary amides is 1. The number of ether oxygens (including phenoxy) is 1. The highest BCUT2D eigenvalue weighted by Gasteiger charge is 2.48. The monoisotopic (exact) mass is 531 g/mol. The van der Waals surface area contributed by atoms with Gasteiger partial charge in [-0.2, -0.15) is 26.3 Å². The molecule has 1 saturated heterocycles. The standard InChI is InChI=1S/C25H27F6N3O3/c1-15(17-10-19(24(26,27)28)12-20(11-17)25(29,30)31)37-14-23(18-6-4-3-5-7-18)9-8-22(13-33-23,21(32)36)34-16(2)35/h3-7,10-12,15,33H,8-9,13-14H2,1-2H3,(H2,32,36)(H,34,35)/t15-,22+,23-/m1/s1. The summed E-state index contributed by atoms with van der Waals surface area (Å²) in [6.45, 7) is 2.40. The lowest BCUT2D eigenvalue weighted by molar-refractivity contribution is -0.143. The lowest BCUT2D eigenvalue weighted by atomic mass is 9.76. The maximum Gasteiger partial charge on any atom is 0.416 e. The molecule has 12 heteroatoms. The zero-order valence-electron chi connectivity index (χ0n) is 20.1. The van der Waals surface area contributed by atoms with Gasteiger partial charge >= 0.3 is 12.4 Å². The number of carbonyl (C=O) groups is 2. The van der Waals surface area contributed by atoms with Crippen molar-refractivity contribution < 1.29 is 40.7 Å². The van der Waals surface area contributed by atoms with Gasteiger partial charge in [0.05, 0.1) is 29.4 Å². The van der Waals surface area contributed by atoms with Crippen molar-refractivity contribution in [2.75, 3.05) is 13.2 Å². The minimum absolute atomic E-state index is 0.0592. The summed E-state index contributed by atoms with van der Waals surface area (Å²) < 4.78 is 85.7. The molecule has 4 N–H and O–H groups in total. The number of nitrogens with two attached hydrogens (primary N) is 1. The van der Waals surface area contributed by atoms with Crippen LogP contribution in [-0.2, 0) is 32.2 Å². The fraction of sp³-hybridized carbons (Fsp3) is 0.440. The molecule has 1 fully saturated rings. The van der Waals surface area contributed by atoms with E-state index in [1.165, 1.54) is 13.8 Å². The van der Waals surface area contributed by atoms with E-state index in [0.29, 0.717) is 12.1 Å². The number of amides is 2. The first-order valence-electron chi connectivity index (χ1n) is 11.4. The molecule has 0 aliphatic carbocycles. The number of hydrogen-bond donors (Lipinski definition) is 3. The lowest BCUT2D eigenvalue weighted by Gasteiger charge is -2.46. The van der Waals surface area contributed by atoms with Crippen LogP contribution >= 0.6 is 0 Å². The predicted octanol–water partition coefficient (Wildman–Crippen LogP) is 4.44. The van der Waals surface area contributed by atoms with E-state index in [1.807, 2.05) is 0 Å². The van der Waals surface area contributed by atoms with Crippen molar-refractivity contribution in [2.24, 2.45) is 5.73 Å². The van der Waals surface area contributed by atoms with Gasteiger partial charge in [-0.1, -0.05) is 30.3 Å². The molecular formula is C25H27F6N3O3. The van der Waals surface area contributed by atoms with Crippen molar-refractivity contribution in [3.63, 3.8) is 0 Å². The van der Waals surface area contributed by atoms with E-state index in [4.69, 9.17) is 10.5 Å². The Morgan fingerprint density at radius 2 is 1.59 bits per heavy atom. The Morgan fingerprint density at radius 3 is 2.03 bits per heavy atom. The number of piperidine rings is 1. The molecular weight excluding hydrogens is 504 g/mol. The summed E-state index contributed by atoms with van der Waals surface area (Å²) in [5.41, 5.74) is 0.829. The number of benzene rings is 2. The van der Waals surface area contributed by atoms with Crippen LogP contribution in [0.3, 0.4) is 0 Å². The molecule has 3 rings (SSSR count). The van der Waals surface area contributed by atoms with Gasteiger partial charge in [0.1, 0.15) is 5.54 Å². The van der Waals surface area contributed by atoms with Gasteiger partial charge < -0.3 is 21.1 Å². The maximum absolute atomic E-state index is 13.3. The van der Waals surface area contributed by atoms with E-state index >= 15 is 0 Å². The largest absolute Gasteiger partial charge is 0.416 e. The molecule has 2 amide bonds. The summed E-state index contributed by atoms with van der Waals surface area (Å²) in [7, 11) is 0. The average molecular weight is 531 g/mol. The first-order chi connectivity index (χ1) is 17.1. The van der Waals surface area contributed by atoms with Crippen LogP contribution in [0.25, 0.3) is 0 Å². The number of rotatable bonds is 7. The SMILES string of the molecule is CC(=O)N[C@@]1(C(N)=O)CC[C@@](CO[C@H](C)c2cc(C(F)(F)F)cc(C(F)(F)F)c2)(c2ccccc2)NC1. The molecule has 0 saturated carbocycles. The van der Waals surface area contributed by atoms with Gasteiger partial charge in [-0.15, -0.1) is 0 Å². The second-order valence-corrected chi connectivity index (χ2v) is 9.22. The predicted molar refractivity (Wildman–Crippen MR) is 122 cm³/mol. The van der Waals surface area contributed by atoms with Gasteiger partial charge in [-0.25, -0.2) is 0 Å². The summed E-state index contributed by atoms with van der Waals surface area (Å²) in [6.07, 6.45) is -10.7. The van der Waals surface area contributed by atoms with Gasteiger partial charge in [0, 0.05) is 13.5 Å². The zero-order chi connectivity index (χ0) is 27.6. The number of alkyl halides is 6. The van der Waals surface area contributed by atoms with Gasteiger partial charge in [-0.3, -0.25) is 9.59 Å². The minimum atomic E-state index is -4.98. The van der Waals surface area contributed by atoms with E-state index in [0.717, 1.165) is 5.56 Å². The average Bonchev–Trinajstić information content (AvgIpc) is 2.82. The quantitative estimate of drug-likeness (QED) is 0.461. The lowest BCUT2D eigenvalue weighted by Crippen LogP contribution is -2.69. The number of halogens is 6.